The van der Waals surface area contributed by atoms with Crippen LogP contribution in [0.25, 0.3) is 5.65 Å². The third kappa shape index (κ3) is 6.30. The Morgan fingerprint density at radius 2 is 1.91 bits per heavy atom. The number of cyclic esters (lactones) is 1. The van der Waals surface area contributed by atoms with Gasteiger partial charge in [-0.05, 0) is 0 Å². The summed E-state index contributed by atoms with van der Waals surface area (Å²) in [5, 5.41) is 14.4. The van der Waals surface area contributed by atoms with Gasteiger partial charge in [-0.15, -0.1) is 0 Å². The van der Waals surface area contributed by atoms with Crippen LogP contribution in [0.15, 0.2) is 36.9 Å². The number of benzene rings is 1. The summed E-state index contributed by atoms with van der Waals surface area (Å²) in [6.45, 7) is 1.72. The molecule has 2 aliphatic rings. The number of rotatable bonds is 8. The predicted molar refractivity (Wildman–Crippen MR) is 146 cm³/mol. The van der Waals surface area contributed by atoms with E-state index in [0.717, 1.165) is 17.0 Å². The molecule has 2 N–H and O–H groups in total. The van der Waals surface area contributed by atoms with Crippen LogP contribution in [0, 0.1) is 23.0 Å². The van der Waals surface area contributed by atoms with Crippen molar-refractivity contribution in [3.63, 3.8) is 0 Å². The van der Waals surface area contributed by atoms with Gasteiger partial charge < -0.3 is 29.6 Å². The Hall–Kier alpha value is -5.33. The van der Waals surface area contributed by atoms with Crippen molar-refractivity contribution in [3.05, 3.63) is 54.2 Å². The third-order valence-electron chi connectivity index (χ3n) is 7.07. The molecule has 0 radical (unpaired) electrons. The lowest BCUT2D eigenvalue weighted by Crippen LogP contribution is -2.55. The predicted octanol–water partition coefficient (Wildman–Crippen LogP) is 0.830. The lowest BCUT2D eigenvalue weighted by molar-refractivity contribution is -0.133. The highest BCUT2D eigenvalue weighted by Crippen LogP contribution is 2.31. The number of halogens is 2. The first-order valence-corrected chi connectivity index (χ1v) is 13.4. The van der Waals surface area contributed by atoms with Crippen LogP contribution in [-0.4, -0.2) is 94.5 Å². The summed E-state index contributed by atoms with van der Waals surface area (Å²) in [5.74, 6) is -3.24. The molecule has 5 rings (SSSR count). The number of amides is 4. The molecule has 0 unspecified atom stereocenters. The van der Waals surface area contributed by atoms with Gasteiger partial charge in [-0.1, -0.05) is 0 Å². The number of nitrogens with zero attached hydrogens (tertiary/aromatic N) is 7. The minimum absolute atomic E-state index is 0.00683. The zero-order chi connectivity index (χ0) is 30.7. The van der Waals surface area contributed by atoms with Gasteiger partial charge in [0.2, 0.25) is 11.8 Å². The Labute approximate surface area is 243 Å². The van der Waals surface area contributed by atoms with Gasteiger partial charge in [0.1, 0.15) is 23.5 Å². The Kier molecular flexibility index (Phi) is 8.32. The second-order valence-electron chi connectivity index (χ2n) is 9.98. The van der Waals surface area contributed by atoms with E-state index < -0.39 is 41.7 Å². The van der Waals surface area contributed by atoms with Crippen molar-refractivity contribution < 1.29 is 32.7 Å². The molecule has 2 aliphatic heterocycles. The lowest BCUT2D eigenvalue weighted by atomic mass is 10.1. The summed E-state index contributed by atoms with van der Waals surface area (Å²) in [5.41, 5.74) is 0.153. The van der Waals surface area contributed by atoms with Crippen molar-refractivity contribution in [2.24, 2.45) is 0 Å². The number of nitriles is 1. The van der Waals surface area contributed by atoms with Crippen LogP contribution in [0.4, 0.5) is 25.0 Å². The number of fused-ring (bicyclic) bond motifs is 1. The van der Waals surface area contributed by atoms with Crippen molar-refractivity contribution in [3.8, 4) is 6.07 Å². The second kappa shape index (κ2) is 12.3. The monoisotopic (exact) mass is 595 g/mol. The number of hydrogen-bond donors (Lipinski definition) is 2. The van der Waals surface area contributed by atoms with Gasteiger partial charge in [-0.25, -0.2) is 18.6 Å². The Morgan fingerprint density at radius 1 is 1.19 bits per heavy atom. The van der Waals surface area contributed by atoms with Gasteiger partial charge >= 0.3 is 6.09 Å². The van der Waals surface area contributed by atoms with Crippen LogP contribution in [0.2, 0.25) is 0 Å². The first kappa shape index (κ1) is 29.2. The van der Waals surface area contributed by atoms with E-state index in [1.54, 1.807) is 10.6 Å². The van der Waals surface area contributed by atoms with E-state index in [1.807, 2.05) is 6.07 Å². The van der Waals surface area contributed by atoms with Crippen LogP contribution in [0.3, 0.4) is 0 Å². The largest absolute Gasteiger partial charge is 0.442 e. The molecule has 2 aromatic heterocycles. The average molecular weight is 596 g/mol. The first-order valence-electron chi connectivity index (χ1n) is 13.4. The topological polar surface area (TPSA) is 165 Å². The smallest absolute Gasteiger partial charge is 0.414 e. The van der Waals surface area contributed by atoms with Crippen molar-refractivity contribution in [1.82, 2.24) is 29.9 Å². The molecule has 2 saturated heterocycles. The summed E-state index contributed by atoms with van der Waals surface area (Å²) in [6.07, 6.45) is 4.35. The Morgan fingerprint density at radius 3 is 2.56 bits per heavy atom. The molecule has 2 atom stereocenters. The molecule has 0 bridgehead atoms. The van der Waals surface area contributed by atoms with Crippen LogP contribution in [0.5, 0.6) is 0 Å². The fraction of sp³-hybridized carbons (Fsp3) is 0.370. The zero-order valence-corrected chi connectivity index (χ0v) is 23.0. The zero-order valence-electron chi connectivity index (χ0n) is 23.0. The normalized spacial score (nSPS) is 17.4. The molecule has 2 fully saturated rings. The first-order chi connectivity index (χ1) is 20.6. The van der Waals surface area contributed by atoms with Gasteiger partial charge in [0, 0.05) is 63.8 Å². The van der Waals surface area contributed by atoms with E-state index >= 15 is 8.78 Å². The average Bonchev–Trinajstić information content (AvgIpc) is 3.59. The molecular weight excluding hydrogens is 568 g/mol. The lowest BCUT2D eigenvalue weighted by Gasteiger charge is -2.37. The molecular formula is C27H27F2N9O5. The highest BCUT2D eigenvalue weighted by molar-refractivity contribution is 5.96. The molecule has 3 aromatic rings. The van der Waals surface area contributed by atoms with Gasteiger partial charge in [0.25, 0.3) is 5.91 Å². The van der Waals surface area contributed by atoms with E-state index in [9.17, 15) is 24.4 Å². The van der Waals surface area contributed by atoms with Crippen LogP contribution < -0.4 is 20.4 Å². The minimum Gasteiger partial charge on any atom is -0.442 e. The van der Waals surface area contributed by atoms with E-state index in [4.69, 9.17) is 4.74 Å². The minimum atomic E-state index is -1.14. The fourth-order valence-corrected chi connectivity index (χ4v) is 4.95. The number of imidazole rings is 1. The van der Waals surface area contributed by atoms with Crippen LogP contribution >= 0.6 is 0 Å². The van der Waals surface area contributed by atoms with E-state index in [-0.39, 0.29) is 68.7 Å². The number of ether oxygens (including phenoxy) is 1. The van der Waals surface area contributed by atoms with Crippen molar-refractivity contribution in [2.75, 3.05) is 49.1 Å². The molecule has 14 nitrogen and oxygen atoms in total. The molecule has 1 aromatic carbocycles. The molecule has 0 spiro atoms. The summed E-state index contributed by atoms with van der Waals surface area (Å²) in [4.78, 5) is 61.5. The summed E-state index contributed by atoms with van der Waals surface area (Å²) in [7, 11) is 0. The maximum Gasteiger partial charge on any atom is 0.414 e. The van der Waals surface area contributed by atoms with E-state index in [1.165, 1.54) is 35.3 Å². The Balaban J connectivity index is 1.21. The quantitative estimate of drug-likeness (QED) is 0.384. The molecule has 224 valence electrons. The Bertz CT molecular complexity index is 1560. The summed E-state index contributed by atoms with van der Waals surface area (Å²) >= 11 is 0. The summed E-state index contributed by atoms with van der Waals surface area (Å²) < 4.78 is 37.2. The highest BCUT2D eigenvalue weighted by atomic mass is 19.1. The third-order valence-corrected chi connectivity index (χ3v) is 7.07. The van der Waals surface area contributed by atoms with Gasteiger partial charge in [-0.2, -0.15) is 5.26 Å². The molecule has 4 amide bonds. The van der Waals surface area contributed by atoms with E-state index in [2.05, 4.69) is 20.6 Å². The maximum atomic E-state index is 15.2. The summed E-state index contributed by atoms with van der Waals surface area (Å²) in [6, 6.07) is 2.83. The second-order valence-corrected chi connectivity index (χ2v) is 9.98. The van der Waals surface area contributed by atoms with Crippen molar-refractivity contribution in [1.29, 1.82) is 5.26 Å². The van der Waals surface area contributed by atoms with Crippen molar-refractivity contribution >= 4 is 40.8 Å². The SMILES string of the molecule is CC(=O)NC[C@H]1CN(c2cc(F)c(N3CCN(C(=O)[C@H](CC#N)NC(=O)c4cn5ccncc5n4)CC3)c(F)c2)C(=O)O1. The number of aromatic nitrogens is 3. The standard InChI is InChI=1S/C27H27F2N9O5/c1-16(39)32-12-18-14-38(27(42)43-18)17-10-19(28)24(20(29)11-17)35-6-8-36(9-7-35)26(41)21(2-3-30)34-25(40)22-15-37-5-4-31-13-23(37)33-22/h4-5,10-11,13,15,18,21H,2,6-9,12,14H2,1H3,(H,32,39)(H,34,40)/t18-,21-/m0/s1. The molecule has 0 saturated carbocycles. The van der Waals surface area contributed by atoms with Crippen molar-refractivity contribution in [2.45, 2.75) is 25.5 Å². The number of nitrogens with one attached hydrogen (secondary N) is 2. The number of anilines is 2. The number of hydrogen-bond acceptors (Lipinski definition) is 9. The van der Waals surface area contributed by atoms with Crippen LogP contribution in [-0.2, 0) is 14.3 Å². The number of piperazine rings is 1. The molecule has 4 heterocycles. The number of carbonyl (C=O) groups is 4. The highest BCUT2D eigenvalue weighted by Gasteiger charge is 2.35. The fourth-order valence-electron chi connectivity index (χ4n) is 4.95. The van der Waals surface area contributed by atoms with Gasteiger partial charge in [0.15, 0.2) is 17.3 Å². The molecule has 0 aliphatic carbocycles. The number of carbonyl (C=O) groups excluding carboxylic acids is 4. The molecule has 43 heavy (non-hydrogen) atoms. The van der Waals surface area contributed by atoms with Gasteiger partial charge in [0.05, 0.1) is 37.5 Å². The molecule has 16 heteroatoms. The van der Waals surface area contributed by atoms with Crippen LogP contribution in [0.1, 0.15) is 23.8 Å². The van der Waals surface area contributed by atoms with Gasteiger partial charge in [-0.3, -0.25) is 24.3 Å². The van der Waals surface area contributed by atoms with E-state index in [0.29, 0.717) is 5.65 Å². The maximum absolute atomic E-state index is 15.2.